The summed E-state index contributed by atoms with van der Waals surface area (Å²) in [5.41, 5.74) is 11.4. The number of fused-ring (bicyclic) bond motifs is 3. The van der Waals surface area contributed by atoms with Gasteiger partial charge in [0.2, 0.25) is 5.91 Å². The standard InChI is InChI=1S/C39H57N5O/c1-3-5-7-8-9-10-11-12-13-14-15-16-17-18-24-36(45)41-29-31-25-27-32(28-26-31)30-44-35(23-6-4-2)43-37-38(44)33-21-19-20-22-34(33)42-39(37)40/h19-22,25-28H,3-18,23-24,29-30H2,1-2H3,(H2,40,42)(H,41,45). The molecule has 2 aromatic heterocycles. The maximum atomic E-state index is 12.5. The van der Waals surface area contributed by atoms with Crippen molar-refractivity contribution in [2.45, 2.75) is 143 Å². The molecule has 0 saturated carbocycles. The fraction of sp³-hybridized carbons (Fsp3) is 0.564. The van der Waals surface area contributed by atoms with Crippen molar-refractivity contribution in [3.63, 3.8) is 0 Å². The number of imidazole rings is 1. The number of rotatable bonds is 22. The van der Waals surface area contributed by atoms with E-state index in [4.69, 9.17) is 10.7 Å². The molecule has 6 heteroatoms. The molecule has 4 rings (SSSR count). The number of amides is 1. The molecule has 0 bridgehead atoms. The van der Waals surface area contributed by atoms with Crippen molar-refractivity contribution in [2.75, 3.05) is 5.73 Å². The molecular formula is C39H57N5O. The van der Waals surface area contributed by atoms with E-state index in [1.54, 1.807) is 0 Å². The Labute approximate surface area is 271 Å². The number of aryl methyl sites for hydroxylation is 1. The lowest BCUT2D eigenvalue weighted by Gasteiger charge is -2.12. The number of unbranched alkanes of at least 4 members (excludes halogenated alkanes) is 14. The van der Waals surface area contributed by atoms with Crippen LogP contribution in [0.15, 0.2) is 48.5 Å². The van der Waals surface area contributed by atoms with Gasteiger partial charge in [-0.3, -0.25) is 4.79 Å². The van der Waals surface area contributed by atoms with Crippen LogP contribution >= 0.6 is 0 Å². The molecule has 3 N–H and O–H groups in total. The largest absolute Gasteiger partial charge is 0.382 e. The SMILES string of the molecule is CCCCCCCCCCCCCCCCC(=O)NCc1ccc(Cn2c(CCCC)nc3c(N)nc4ccccc4c32)cc1. The van der Waals surface area contributed by atoms with Crippen LogP contribution in [0.2, 0.25) is 0 Å². The van der Waals surface area contributed by atoms with Gasteiger partial charge >= 0.3 is 0 Å². The van der Waals surface area contributed by atoms with Crippen LogP contribution in [0.25, 0.3) is 21.9 Å². The van der Waals surface area contributed by atoms with Crippen molar-refractivity contribution >= 4 is 33.7 Å². The molecule has 0 aliphatic rings. The summed E-state index contributed by atoms with van der Waals surface area (Å²) in [5, 5.41) is 4.20. The van der Waals surface area contributed by atoms with Gasteiger partial charge in [-0.2, -0.15) is 0 Å². The molecule has 0 aliphatic carbocycles. The van der Waals surface area contributed by atoms with E-state index in [9.17, 15) is 4.79 Å². The molecule has 244 valence electrons. The number of para-hydroxylation sites is 1. The molecule has 0 aliphatic heterocycles. The summed E-state index contributed by atoms with van der Waals surface area (Å²) in [7, 11) is 0. The molecule has 0 unspecified atom stereocenters. The van der Waals surface area contributed by atoms with Crippen molar-refractivity contribution in [3.05, 3.63) is 65.5 Å². The highest BCUT2D eigenvalue weighted by Gasteiger charge is 2.17. The number of pyridine rings is 1. The van der Waals surface area contributed by atoms with E-state index in [1.807, 2.05) is 18.2 Å². The Balaban J connectivity index is 1.17. The van der Waals surface area contributed by atoms with Gasteiger partial charge in [0.05, 0.1) is 11.0 Å². The topological polar surface area (TPSA) is 85.8 Å². The van der Waals surface area contributed by atoms with E-state index < -0.39 is 0 Å². The highest BCUT2D eigenvalue weighted by Crippen LogP contribution is 2.30. The minimum Gasteiger partial charge on any atom is -0.382 e. The zero-order valence-electron chi connectivity index (χ0n) is 28.1. The first-order valence-corrected chi connectivity index (χ1v) is 18.0. The Hall–Kier alpha value is -3.41. The van der Waals surface area contributed by atoms with Crippen molar-refractivity contribution in [3.8, 4) is 0 Å². The Morgan fingerprint density at radius 3 is 1.93 bits per heavy atom. The number of carbonyl (C=O) groups excluding carboxylic acids is 1. The van der Waals surface area contributed by atoms with Crippen LogP contribution in [0.3, 0.4) is 0 Å². The molecule has 0 radical (unpaired) electrons. The third-order valence-corrected chi connectivity index (χ3v) is 9.05. The minimum atomic E-state index is 0.154. The molecule has 6 nitrogen and oxygen atoms in total. The fourth-order valence-electron chi connectivity index (χ4n) is 6.32. The third kappa shape index (κ3) is 10.9. The van der Waals surface area contributed by atoms with E-state index in [1.165, 1.54) is 82.6 Å². The Morgan fingerprint density at radius 2 is 1.29 bits per heavy atom. The number of anilines is 1. The van der Waals surface area contributed by atoms with Gasteiger partial charge in [-0.25, -0.2) is 9.97 Å². The highest BCUT2D eigenvalue weighted by atomic mass is 16.1. The molecule has 0 spiro atoms. The van der Waals surface area contributed by atoms with Crippen LogP contribution in [-0.4, -0.2) is 20.4 Å². The maximum Gasteiger partial charge on any atom is 0.220 e. The number of nitrogens with one attached hydrogen (secondary N) is 1. The second kappa shape index (κ2) is 19.2. The molecule has 0 saturated heterocycles. The van der Waals surface area contributed by atoms with Crippen LogP contribution in [0.4, 0.5) is 5.82 Å². The summed E-state index contributed by atoms with van der Waals surface area (Å²) in [6, 6.07) is 16.7. The fourth-order valence-corrected chi connectivity index (χ4v) is 6.32. The molecule has 0 fully saturated rings. The first-order valence-electron chi connectivity index (χ1n) is 18.0. The zero-order chi connectivity index (χ0) is 31.7. The summed E-state index contributed by atoms with van der Waals surface area (Å²) in [5.74, 6) is 1.69. The predicted molar refractivity (Wildman–Crippen MR) is 190 cm³/mol. The number of carbonyl (C=O) groups is 1. The van der Waals surface area contributed by atoms with Crippen molar-refractivity contribution in [1.29, 1.82) is 0 Å². The zero-order valence-corrected chi connectivity index (χ0v) is 28.1. The van der Waals surface area contributed by atoms with Crippen molar-refractivity contribution in [2.24, 2.45) is 0 Å². The summed E-state index contributed by atoms with van der Waals surface area (Å²) in [4.78, 5) is 22.0. The van der Waals surface area contributed by atoms with Crippen molar-refractivity contribution < 1.29 is 4.79 Å². The molecule has 45 heavy (non-hydrogen) atoms. The quantitative estimate of drug-likeness (QED) is 0.0866. The van der Waals surface area contributed by atoms with E-state index in [2.05, 4.69) is 59.0 Å². The average molecular weight is 612 g/mol. The Bertz CT molecular complexity index is 1440. The summed E-state index contributed by atoms with van der Waals surface area (Å²) >= 11 is 0. The van der Waals surface area contributed by atoms with Gasteiger partial charge in [-0.05, 0) is 30.0 Å². The van der Waals surface area contributed by atoms with E-state index in [0.29, 0.717) is 18.8 Å². The second-order valence-electron chi connectivity index (χ2n) is 12.9. The second-order valence-corrected chi connectivity index (χ2v) is 12.9. The summed E-state index contributed by atoms with van der Waals surface area (Å²) in [6.07, 6.45) is 22.3. The molecule has 2 aromatic carbocycles. The normalized spacial score (nSPS) is 11.5. The molecule has 0 atom stereocenters. The predicted octanol–water partition coefficient (Wildman–Crippen LogP) is 10.0. The lowest BCUT2D eigenvalue weighted by atomic mass is 10.0. The lowest BCUT2D eigenvalue weighted by Crippen LogP contribution is -2.22. The van der Waals surface area contributed by atoms with Gasteiger partial charge in [0.15, 0.2) is 5.82 Å². The van der Waals surface area contributed by atoms with Crippen LogP contribution < -0.4 is 11.1 Å². The number of nitrogen functional groups attached to an aromatic ring is 1. The number of aromatic nitrogens is 3. The Kier molecular flexibility index (Phi) is 14.7. The number of benzene rings is 2. The molecular weight excluding hydrogens is 554 g/mol. The first-order chi connectivity index (χ1) is 22.1. The third-order valence-electron chi connectivity index (χ3n) is 9.05. The number of hydrogen-bond acceptors (Lipinski definition) is 4. The molecule has 4 aromatic rings. The summed E-state index contributed by atoms with van der Waals surface area (Å²) in [6.45, 7) is 5.77. The van der Waals surface area contributed by atoms with E-state index >= 15 is 0 Å². The first kappa shape index (κ1) is 34.5. The lowest BCUT2D eigenvalue weighted by molar-refractivity contribution is -0.121. The monoisotopic (exact) mass is 611 g/mol. The van der Waals surface area contributed by atoms with Gasteiger partial charge in [-0.15, -0.1) is 0 Å². The van der Waals surface area contributed by atoms with E-state index in [-0.39, 0.29) is 5.91 Å². The minimum absolute atomic E-state index is 0.154. The van der Waals surface area contributed by atoms with Crippen LogP contribution in [0.5, 0.6) is 0 Å². The highest BCUT2D eigenvalue weighted by molar-refractivity contribution is 6.06. The summed E-state index contributed by atoms with van der Waals surface area (Å²) < 4.78 is 2.32. The maximum absolute atomic E-state index is 12.5. The number of nitrogens with zero attached hydrogens (tertiary/aromatic N) is 3. The number of nitrogens with two attached hydrogens (primary N) is 1. The van der Waals surface area contributed by atoms with Crippen LogP contribution in [0.1, 0.15) is 140 Å². The van der Waals surface area contributed by atoms with Gasteiger partial charge in [0.1, 0.15) is 11.3 Å². The van der Waals surface area contributed by atoms with Crippen LogP contribution in [0, 0.1) is 0 Å². The number of hydrogen-bond donors (Lipinski definition) is 2. The van der Waals surface area contributed by atoms with Gasteiger partial charge < -0.3 is 15.6 Å². The van der Waals surface area contributed by atoms with E-state index in [0.717, 1.165) is 72.0 Å². The van der Waals surface area contributed by atoms with Gasteiger partial charge in [-0.1, -0.05) is 146 Å². The van der Waals surface area contributed by atoms with Gasteiger partial charge in [0, 0.05) is 31.3 Å². The van der Waals surface area contributed by atoms with Gasteiger partial charge in [0.25, 0.3) is 0 Å². The molecule has 1 amide bonds. The smallest absolute Gasteiger partial charge is 0.220 e. The molecule has 2 heterocycles. The average Bonchev–Trinajstić information content (AvgIpc) is 3.42. The Morgan fingerprint density at radius 1 is 0.711 bits per heavy atom. The van der Waals surface area contributed by atoms with Crippen molar-refractivity contribution in [1.82, 2.24) is 19.9 Å². The van der Waals surface area contributed by atoms with Crippen LogP contribution in [-0.2, 0) is 24.3 Å².